The topological polar surface area (TPSA) is 140 Å². The average Bonchev–Trinajstić information content (AvgIpc) is 2.50. The van der Waals surface area contributed by atoms with Crippen molar-refractivity contribution in [3.8, 4) is 0 Å². The standard InChI is InChI=1S/C6H10O3.C5H5NO3.C4H6O2/c1-5(2)6(8)9-4-3-7;1-4(2)5(8)9-6-3-7;1-3(2)4(5)6/h7H,1,3-4H2,2H3;1H2,2H3;1H2,2H3,(H,5,6). The van der Waals surface area contributed by atoms with Crippen LogP contribution in [-0.4, -0.2) is 47.4 Å². The van der Waals surface area contributed by atoms with Crippen molar-refractivity contribution in [2.24, 2.45) is 5.16 Å². The number of hydrogen-bond acceptors (Lipinski definition) is 8. The third-order valence-electron chi connectivity index (χ3n) is 1.55. The molecule has 0 atom stereocenters. The van der Waals surface area contributed by atoms with Crippen LogP contribution in [0, 0.1) is 0 Å². The third kappa shape index (κ3) is 21.3. The minimum atomic E-state index is -0.935. The number of carbonyl (C=O) groups is 3. The fraction of sp³-hybridized carbons (Fsp3) is 0.333. The normalized spacial score (nSPS) is 7.83. The number of aliphatic carboxylic acids is 1. The zero-order valence-electron chi connectivity index (χ0n) is 13.8. The molecular formula is C15H21NO8. The van der Waals surface area contributed by atoms with Gasteiger partial charge in [0.2, 0.25) is 0 Å². The third-order valence-corrected chi connectivity index (χ3v) is 1.55. The lowest BCUT2D eigenvalue weighted by Gasteiger charge is -1.99. The van der Waals surface area contributed by atoms with Crippen LogP contribution in [0.15, 0.2) is 41.6 Å². The van der Waals surface area contributed by atoms with E-state index in [1.807, 2.05) is 0 Å². The van der Waals surface area contributed by atoms with Gasteiger partial charge < -0.3 is 19.8 Å². The van der Waals surface area contributed by atoms with Crippen molar-refractivity contribution in [3.05, 3.63) is 36.5 Å². The minimum absolute atomic E-state index is 0.0473. The van der Waals surface area contributed by atoms with E-state index in [4.69, 9.17) is 10.2 Å². The summed E-state index contributed by atoms with van der Waals surface area (Å²) in [4.78, 5) is 43.6. The number of ether oxygens (including phenoxy) is 1. The number of rotatable bonds is 6. The first kappa shape index (κ1) is 25.9. The largest absolute Gasteiger partial charge is 0.478 e. The van der Waals surface area contributed by atoms with E-state index in [-0.39, 0.29) is 24.4 Å². The maximum absolute atomic E-state index is 10.5. The fourth-order valence-corrected chi connectivity index (χ4v) is 0.400. The van der Waals surface area contributed by atoms with Gasteiger partial charge in [-0.25, -0.2) is 19.2 Å². The second kappa shape index (κ2) is 16.3. The number of carboxylic acids is 1. The summed E-state index contributed by atoms with van der Waals surface area (Å²) in [6.07, 6.45) is 1.04. The first-order valence-electron chi connectivity index (χ1n) is 6.27. The molecule has 134 valence electrons. The predicted molar refractivity (Wildman–Crippen MR) is 84.3 cm³/mol. The summed E-state index contributed by atoms with van der Waals surface area (Å²) in [5.74, 6) is -2.11. The molecule has 0 saturated carbocycles. The van der Waals surface area contributed by atoms with E-state index in [2.05, 4.69) is 34.5 Å². The van der Waals surface area contributed by atoms with Gasteiger partial charge in [0.1, 0.15) is 6.61 Å². The molecule has 0 aliphatic carbocycles. The van der Waals surface area contributed by atoms with Gasteiger partial charge in [-0.15, -0.1) is 0 Å². The van der Waals surface area contributed by atoms with E-state index in [9.17, 15) is 19.2 Å². The number of esters is 1. The Morgan fingerprint density at radius 3 is 1.67 bits per heavy atom. The van der Waals surface area contributed by atoms with Gasteiger partial charge in [-0.05, 0) is 20.8 Å². The molecule has 24 heavy (non-hydrogen) atoms. The number of carbonyl (C=O) groups excluding carboxylic acids is 3. The second-order valence-corrected chi connectivity index (χ2v) is 4.07. The highest BCUT2D eigenvalue weighted by atomic mass is 16.7. The lowest BCUT2D eigenvalue weighted by Crippen LogP contribution is -2.08. The van der Waals surface area contributed by atoms with Crippen LogP contribution in [0.4, 0.5) is 0 Å². The molecule has 0 amide bonds. The summed E-state index contributed by atoms with van der Waals surface area (Å²) < 4.78 is 4.46. The van der Waals surface area contributed by atoms with Crippen molar-refractivity contribution in [2.45, 2.75) is 20.8 Å². The van der Waals surface area contributed by atoms with E-state index in [0.717, 1.165) is 6.08 Å². The van der Waals surface area contributed by atoms with Crippen LogP contribution in [0.3, 0.4) is 0 Å². The number of aliphatic hydroxyl groups excluding tert-OH is 1. The highest BCUT2D eigenvalue weighted by Gasteiger charge is 2.00. The SMILES string of the molecule is C=C(C)C(=O)O.C=C(C)C(=O)OCCO.C=C(C)C(=O)ON=C=O. The van der Waals surface area contributed by atoms with E-state index < -0.39 is 17.9 Å². The van der Waals surface area contributed by atoms with Crippen molar-refractivity contribution in [2.75, 3.05) is 13.2 Å². The predicted octanol–water partition coefficient (Wildman–Crippen LogP) is 1.10. The van der Waals surface area contributed by atoms with E-state index in [1.54, 1.807) is 6.92 Å². The van der Waals surface area contributed by atoms with Gasteiger partial charge in [0.25, 0.3) is 6.08 Å². The molecule has 0 heterocycles. The average molecular weight is 343 g/mol. The van der Waals surface area contributed by atoms with Crippen LogP contribution in [-0.2, 0) is 28.8 Å². The molecule has 0 saturated heterocycles. The fourth-order valence-electron chi connectivity index (χ4n) is 0.400. The van der Waals surface area contributed by atoms with Crippen molar-refractivity contribution in [3.63, 3.8) is 0 Å². The van der Waals surface area contributed by atoms with E-state index >= 15 is 0 Å². The molecule has 0 aliphatic rings. The molecule has 0 aromatic rings. The van der Waals surface area contributed by atoms with Crippen molar-refractivity contribution in [1.82, 2.24) is 0 Å². The molecule has 0 unspecified atom stereocenters. The van der Waals surface area contributed by atoms with Crippen molar-refractivity contribution in [1.29, 1.82) is 0 Å². The van der Waals surface area contributed by atoms with Crippen molar-refractivity contribution >= 4 is 24.0 Å². The highest BCUT2D eigenvalue weighted by molar-refractivity contribution is 5.87. The smallest absolute Gasteiger partial charge is 0.361 e. The Morgan fingerprint density at radius 1 is 1.00 bits per heavy atom. The van der Waals surface area contributed by atoms with E-state index in [1.165, 1.54) is 13.8 Å². The maximum Gasteiger partial charge on any atom is 0.361 e. The molecule has 9 nitrogen and oxygen atoms in total. The van der Waals surface area contributed by atoms with Crippen LogP contribution in [0.25, 0.3) is 0 Å². The van der Waals surface area contributed by atoms with Gasteiger partial charge in [-0.3, -0.25) is 0 Å². The first-order valence-corrected chi connectivity index (χ1v) is 6.27. The number of carboxylic acid groups (broad SMARTS) is 1. The monoisotopic (exact) mass is 343 g/mol. The summed E-state index contributed by atoms with van der Waals surface area (Å²) in [7, 11) is 0. The Hall–Kier alpha value is -3.03. The zero-order chi connectivity index (χ0) is 19.7. The highest BCUT2D eigenvalue weighted by Crippen LogP contribution is 1.90. The maximum atomic E-state index is 10.5. The van der Waals surface area contributed by atoms with Gasteiger partial charge in [0, 0.05) is 21.9 Å². The molecule has 0 bridgehead atoms. The number of aliphatic hydroxyl groups is 1. The van der Waals surface area contributed by atoms with E-state index in [0.29, 0.717) is 5.57 Å². The molecule has 0 fully saturated rings. The number of hydrogen-bond donors (Lipinski definition) is 2. The van der Waals surface area contributed by atoms with Crippen LogP contribution in [0.5, 0.6) is 0 Å². The Bertz CT molecular complexity index is 518. The molecule has 0 aromatic heterocycles. The van der Waals surface area contributed by atoms with Gasteiger partial charge in [-0.1, -0.05) is 19.7 Å². The molecule has 0 spiro atoms. The molecule has 9 heteroatoms. The summed E-state index contributed by atoms with van der Waals surface area (Å²) in [5, 5.41) is 18.7. The molecular weight excluding hydrogens is 322 g/mol. The Balaban J connectivity index is -0.000000282. The van der Waals surface area contributed by atoms with Crippen LogP contribution in [0.1, 0.15) is 20.8 Å². The molecule has 2 N–H and O–H groups in total. The molecule has 0 aliphatic heterocycles. The van der Waals surface area contributed by atoms with Gasteiger partial charge in [-0.2, -0.15) is 0 Å². The lowest BCUT2D eigenvalue weighted by molar-refractivity contribution is -0.140. The summed E-state index contributed by atoms with van der Waals surface area (Å²) in [5.41, 5.74) is 0.715. The van der Waals surface area contributed by atoms with Crippen LogP contribution < -0.4 is 0 Å². The Morgan fingerprint density at radius 2 is 1.42 bits per heavy atom. The van der Waals surface area contributed by atoms with Crippen LogP contribution >= 0.6 is 0 Å². The van der Waals surface area contributed by atoms with Crippen molar-refractivity contribution < 1.29 is 39.0 Å². The summed E-state index contributed by atoms with van der Waals surface area (Å²) in [6.45, 7) is 14.1. The molecule has 0 radical (unpaired) electrons. The summed E-state index contributed by atoms with van der Waals surface area (Å²) >= 11 is 0. The molecule has 0 aromatic carbocycles. The zero-order valence-corrected chi connectivity index (χ0v) is 13.8. The minimum Gasteiger partial charge on any atom is -0.478 e. The summed E-state index contributed by atoms with van der Waals surface area (Å²) in [6, 6.07) is 0. The van der Waals surface area contributed by atoms with Crippen LogP contribution in [0.2, 0.25) is 0 Å². The Kier molecular flexibility index (Phi) is 17.6. The lowest BCUT2D eigenvalue weighted by atomic mass is 10.4. The Labute approximate surface area is 139 Å². The number of isocyanates is 1. The first-order chi connectivity index (χ1) is 11.0. The second-order valence-electron chi connectivity index (χ2n) is 4.07. The quantitative estimate of drug-likeness (QED) is 0.182. The van der Waals surface area contributed by atoms with Gasteiger partial charge in [0.15, 0.2) is 0 Å². The van der Waals surface area contributed by atoms with Gasteiger partial charge >= 0.3 is 17.9 Å². The number of nitrogens with zero attached hydrogens (tertiary/aromatic N) is 1. The van der Waals surface area contributed by atoms with Gasteiger partial charge in [0.05, 0.1) is 6.61 Å². The molecule has 0 rings (SSSR count).